The molecule has 0 radical (unpaired) electrons. The third kappa shape index (κ3) is 3.69. The highest BCUT2D eigenvalue weighted by molar-refractivity contribution is 5.81. The predicted octanol–water partition coefficient (Wildman–Crippen LogP) is 3.00. The van der Waals surface area contributed by atoms with Crippen molar-refractivity contribution in [3.05, 3.63) is 41.7 Å². The first-order valence-corrected chi connectivity index (χ1v) is 8.95. The largest absolute Gasteiger partial charge is 0.497 e. The summed E-state index contributed by atoms with van der Waals surface area (Å²) in [7, 11) is 1.62. The van der Waals surface area contributed by atoms with Gasteiger partial charge in [-0.2, -0.15) is 5.10 Å². The van der Waals surface area contributed by atoms with Crippen molar-refractivity contribution in [2.24, 2.45) is 0 Å². The summed E-state index contributed by atoms with van der Waals surface area (Å²) in [4.78, 5) is 14.6. The number of methoxy groups -OCH3 is 1. The van der Waals surface area contributed by atoms with Crippen LogP contribution in [0.15, 0.2) is 30.5 Å². The molecule has 0 N–H and O–H groups in total. The lowest BCUT2D eigenvalue weighted by molar-refractivity contribution is -0.138. The number of hydrogen-bond acceptors (Lipinski definition) is 4. The third-order valence-electron chi connectivity index (χ3n) is 4.60. The summed E-state index contributed by atoms with van der Waals surface area (Å²) in [5.74, 6) is 1.41. The highest BCUT2D eigenvalue weighted by Crippen LogP contribution is 2.25. The molecule has 26 heavy (non-hydrogen) atoms. The van der Waals surface area contributed by atoms with Crippen molar-refractivity contribution < 1.29 is 14.3 Å². The van der Waals surface area contributed by atoms with E-state index in [2.05, 4.69) is 30.6 Å². The number of ether oxygens (including phenoxy) is 2. The van der Waals surface area contributed by atoms with E-state index >= 15 is 0 Å². The lowest BCUT2D eigenvalue weighted by Gasteiger charge is -2.31. The number of nitrogens with zero attached hydrogens (tertiary/aromatic N) is 3. The predicted molar refractivity (Wildman–Crippen MR) is 99.4 cm³/mol. The second kappa shape index (κ2) is 7.02. The van der Waals surface area contributed by atoms with Crippen molar-refractivity contribution in [2.75, 3.05) is 13.7 Å². The van der Waals surface area contributed by atoms with Gasteiger partial charge in [-0.05, 0) is 52.0 Å². The van der Waals surface area contributed by atoms with E-state index in [1.54, 1.807) is 14.0 Å². The Morgan fingerprint density at radius 1 is 1.19 bits per heavy atom. The van der Waals surface area contributed by atoms with E-state index in [0.717, 1.165) is 17.7 Å². The summed E-state index contributed by atoms with van der Waals surface area (Å²) in [6.07, 6.45) is 2.16. The molecule has 1 aromatic carbocycles. The Hall–Kier alpha value is -2.50. The summed E-state index contributed by atoms with van der Waals surface area (Å²) >= 11 is 0. The molecule has 1 aliphatic rings. The number of rotatable bonds is 4. The maximum atomic E-state index is 12.8. The van der Waals surface area contributed by atoms with Crippen LogP contribution in [0.1, 0.15) is 39.0 Å². The molecule has 0 saturated heterocycles. The van der Waals surface area contributed by atoms with Gasteiger partial charge in [0.05, 0.1) is 18.8 Å². The zero-order chi connectivity index (χ0) is 18.9. The minimum Gasteiger partial charge on any atom is -0.497 e. The molecule has 2 heterocycles. The van der Waals surface area contributed by atoms with Gasteiger partial charge in [-0.25, -0.2) is 0 Å². The molecule has 0 bridgehead atoms. The summed E-state index contributed by atoms with van der Waals surface area (Å²) < 4.78 is 13.0. The molecule has 3 rings (SSSR count). The van der Waals surface area contributed by atoms with Gasteiger partial charge >= 0.3 is 0 Å². The fraction of sp³-hybridized carbons (Fsp3) is 0.500. The number of amides is 1. The van der Waals surface area contributed by atoms with Crippen LogP contribution in [0.2, 0.25) is 0 Å². The molecular weight excluding hydrogens is 330 g/mol. The Balaban J connectivity index is 1.66. The SMILES string of the molecule is COc1ccc(OC(C)C(=O)N2CCc3c(cnn3C(C)(C)C)C2)cc1. The van der Waals surface area contributed by atoms with Crippen LogP contribution >= 0.6 is 0 Å². The Bertz CT molecular complexity index is 775. The van der Waals surface area contributed by atoms with E-state index in [0.29, 0.717) is 18.8 Å². The summed E-state index contributed by atoms with van der Waals surface area (Å²) in [6.45, 7) is 9.48. The van der Waals surface area contributed by atoms with Gasteiger partial charge in [0.2, 0.25) is 0 Å². The molecule has 0 saturated carbocycles. The highest BCUT2D eigenvalue weighted by Gasteiger charge is 2.30. The van der Waals surface area contributed by atoms with Crippen LogP contribution < -0.4 is 9.47 Å². The average molecular weight is 357 g/mol. The fourth-order valence-corrected chi connectivity index (χ4v) is 3.26. The van der Waals surface area contributed by atoms with E-state index in [-0.39, 0.29) is 11.4 Å². The smallest absolute Gasteiger partial charge is 0.263 e. The molecule has 6 nitrogen and oxygen atoms in total. The van der Waals surface area contributed by atoms with Crippen molar-refractivity contribution in [3.63, 3.8) is 0 Å². The Morgan fingerprint density at radius 3 is 2.46 bits per heavy atom. The van der Waals surface area contributed by atoms with Crippen LogP contribution in [-0.2, 0) is 23.3 Å². The number of carbonyl (C=O) groups is 1. The van der Waals surface area contributed by atoms with Crippen molar-refractivity contribution in [1.29, 1.82) is 0 Å². The van der Waals surface area contributed by atoms with Crippen LogP contribution in [-0.4, -0.2) is 40.3 Å². The fourth-order valence-electron chi connectivity index (χ4n) is 3.26. The summed E-state index contributed by atoms with van der Waals surface area (Å²) in [5, 5.41) is 4.53. The first-order valence-electron chi connectivity index (χ1n) is 8.95. The number of hydrogen-bond donors (Lipinski definition) is 0. The molecule has 1 unspecified atom stereocenters. The molecule has 1 amide bonds. The molecule has 140 valence electrons. The zero-order valence-corrected chi connectivity index (χ0v) is 16.2. The summed E-state index contributed by atoms with van der Waals surface area (Å²) in [6, 6.07) is 7.26. The minimum atomic E-state index is -0.539. The van der Waals surface area contributed by atoms with Crippen molar-refractivity contribution >= 4 is 5.91 Å². The van der Waals surface area contributed by atoms with E-state index in [4.69, 9.17) is 9.47 Å². The van der Waals surface area contributed by atoms with E-state index < -0.39 is 6.10 Å². The van der Waals surface area contributed by atoms with Gasteiger partial charge in [-0.3, -0.25) is 9.48 Å². The van der Waals surface area contributed by atoms with Crippen LogP contribution in [0.5, 0.6) is 11.5 Å². The Morgan fingerprint density at radius 2 is 1.85 bits per heavy atom. The Labute approximate surface area is 154 Å². The lowest BCUT2D eigenvalue weighted by Crippen LogP contribution is -2.43. The van der Waals surface area contributed by atoms with Gasteiger partial charge in [0.1, 0.15) is 11.5 Å². The van der Waals surface area contributed by atoms with Crippen LogP contribution in [0.25, 0.3) is 0 Å². The quantitative estimate of drug-likeness (QED) is 0.844. The van der Waals surface area contributed by atoms with Gasteiger partial charge in [-0.15, -0.1) is 0 Å². The van der Waals surface area contributed by atoms with E-state index in [1.807, 2.05) is 35.4 Å². The average Bonchev–Trinajstić information content (AvgIpc) is 3.05. The molecule has 0 spiro atoms. The molecule has 1 atom stereocenters. The molecule has 0 aliphatic carbocycles. The lowest BCUT2D eigenvalue weighted by atomic mass is 10.0. The van der Waals surface area contributed by atoms with Crippen LogP contribution in [0.4, 0.5) is 0 Å². The second-order valence-electron chi connectivity index (χ2n) is 7.64. The minimum absolute atomic E-state index is 0.00465. The Kier molecular flexibility index (Phi) is 4.94. The van der Waals surface area contributed by atoms with Gasteiger partial charge in [0, 0.05) is 30.8 Å². The van der Waals surface area contributed by atoms with Gasteiger partial charge in [0.25, 0.3) is 5.91 Å². The molecule has 2 aromatic rings. The van der Waals surface area contributed by atoms with Crippen molar-refractivity contribution in [1.82, 2.24) is 14.7 Å². The first kappa shape index (κ1) is 18.3. The molecule has 1 aromatic heterocycles. The van der Waals surface area contributed by atoms with E-state index in [9.17, 15) is 4.79 Å². The number of benzene rings is 1. The molecule has 6 heteroatoms. The maximum absolute atomic E-state index is 12.8. The number of aromatic nitrogens is 2. The maximum Gasteiger partial charge on any atom is 0.263 e. The normalized spacial score (nSPS) is 15.3. The second-order valence-corrected chi connectivity index (χ2v) is 7.64. The third-order valence-corrected chi connectivity index (χ3v) is 4.60. The van der Waals surface area contributed by atoms with Crippen molar-refractivity contribution in [2.45, 2.75) is 52.3 Å². The monoisotopic (exact) mass is 357 g/mol. The first-order chi connectivity index (χ1) is 12.3. The standard InChI is InChI=1S/C20H27N3O3/c1-14(26-17-8-6-16(25-5)7-9-17)19(24)22-11-10-18-15(13-22)12-21-23(18)20(2,3)4/h6-9,12,14H,10-11,13H2,1-5H3. The zero-order valence-electron chi connectivity index (χ0n) is 16.2. The molecule has 1 aliphatic heterocycles. The number of carbonyl (C=O) groups excluding carboxylic acids is 1. The topological polar surface area (TPSA) is 56.6 Å². The highest BCUT2D eigenvalue weighted by atomic mass is 16.5. The van der Waals surface area contributed by atoms with E-state index in [1.165, 1.54) is 5.69 Å². The van der Waals surface area contributed by atoms with Crippen LogP contribution in [0, 0.1) is 0 Å². The summed E-state index contributed by atoms with van der Waals surface area (Å²) in [5.41, 5.74) is 2.30. The van der Waals surface area contributed by atoms with Gasteiger partial charge in [0.15, 0.2) is 6.10 Å². The van der Waals surface area contributed by atoms with Gasteiger partial charge < -0.3 is 14.4 Å². The van der Waals surface area contributed by atoms with Crippen LogP contribution in [0.3, 0.4) is 0 Å². The molecular formula is C20H27N3O3. The van der Waals surface area contributed by atoms with Crippen molar-refractivity contribution in [3.8, 4) is 11.5 Å². The molecule has 0 fully saturated rings. The van der Waals surface area contributed by atoms with Gasteiger partial charge in [-0.1, -0.05) is 0 Å². The number of fused-ring (bicyclic) bond motifs is 1.